The molecule has 150 valence electrons. The first kappa shape index (κ1) is 19.2. The van der Waals surface area contributed by atoms with Crippen molar-refractivity contribution in [3.05, 3.63) is 54.1 Å². The lowest BCUT2D eigenvalue weighted by molar-refractivity contribution is -0.122. The number of Topliss-reactive ketones (excluding diaryl/α,β-unsaturated/α-hetero) is 1. The van der Waals surface area contributed by atoms with Crippen molar-refractivity contribution in [2.75, 3.05) is 18.6 Å². The Hall–Kier alpha value is -3.15. The van der Waals surface area contributed by atoms with Crippen molar-refractivity contribution in [1.29, 1.82) is 0 Å². The summed E-state index contributed by atoms with van der Waals surface area (Å²) in [5.41, 5.74) is 1.10. The van der Waals surface area contributed by atoms with Gasteiger partial charge in [0, 0.05) is 5.56 Å². The summed E-state index contributed by atoms with van der Waals surface area (Å²) in [7, 11) is 1.57. The highest BCUT2D eigenvalue weighted by Crippen LogP contribution is 2.40. The SMILES string of the molecule is COc1ccc(C(=O)COc2ccc(N3C(=O)[C@H]4CCCC[C@H]4C3=O)cc2)cc1. The van der Waals surface area contributed by atoms with Crippen molar-refractivity contribution in [3.8, 4) is 11.5 Å². The summed E-state index contributed by atoms with van der Waals surface area (Å²) in [6.07, 6.45) is 3.59. The quantitative estimate of drug-likeness (QED) is 0.553. The molecular weight excluding hydrogens is 370 g/mol. The fourth-order valence-corrected chi connectivity index (χ4v) is 4.12. The van der Waals surface area contributed by atoms with E-state index in [1.54, 1.807) is 55.6 Å². The van der Waals surface area contributed by atoms with Crippen molar-refractivity contribution in [2.24, 2.45) is 11.8 Å². The summed E-state index contributed by atoms with van der Waals surface area (Å²) in [6.45, 7) is -0.0998. The predicted octanol–water partition coefficient (Wildman–Crippen LogP) is 3.64. The van der Waals surface area contributed by atoms with E-state index in [-0.39, 0.29) is 36.0 Å². The summed E-state index contributed by atoms with van der Waals surface area (Å²) in [5, 5.41) is 0. The van der Waals surface area contributed by atoms with Crippen LogP contribution in [0.1, 0.15) is 36.0 Å². The van der Waals surface area contributed by atoms with Gasteiger partial charge in [-0.1, -0.05) is 12.8 Å². The van der Waals surface area contributed by atoms with E-state index in [9.17, 15) is 14.4 Å². The molecule has 0 spiro atoms. The van der Waals surface area contributed by atoms with Crippen molar-refractivity contribution < 1.29 is 23.9 Å². The van der Waals surface area contributed by atoms with E-state index in [0.29, 0.717) is 22.7 Å². The van der Waals surface area contributed by atoms with Gasteiger partial charge in [0.2, 0.25) is 11.8 Å². The minimum absolute atomic E-state index is 0.0944. The van der Waals surface area contributed by atoms with E-state index in [2.05, 4.69) is 0 Å². The Labute approximate surface area is 169 Å². The molecule has 1 aliphatic carbocycles. The monoisotopic (exact) mass is 393 g/mol. The van der Waals surface area contributed by atoms with E-state index in [4.69, 9.17) is 9.47 Å². The van der Waals surface area contributed by atoms with E-state index >= 15 is 0 Å². The van der Waals surface area contributed by atoms with Crippen molar-refractivity contribution in [3.63, 3.8) is 0 Å². The zero-order valence-electron chi connectivity index (χ0n) is 16.3. The van der Waals surface area contributed by atoms with E-state index < -0.39 is 0 Å². The van der Waals surface area contributed by atoms with Crippen LogP contribution in [0.3, 0.4) is 0 Å². The first-order chi connectivity index (χ1) is 14.1. The first-order valence-corrected chi connectivity index (χ1v) is 9.86. The number of imide groups is 1. The number of nitrogens with zero attached hydrogens (tertiary/aromatic N) is 1. The van der Waals surface area contributed by atoms with Crippen molar-refractivity contribution in [1.82, 2.24) is 0 Å². The molecule has 2 aromatic carbocycles. The number of methoxy groups -OCH3 is 1. The number of benzene rings is 2. The van der Waals surface area contributed by atoms with Gasteiger partial charge in [-0.15, -0.1) is 0 Å². The minimum atomic E-state index is -0.172. The van der Waals surface area contributed by atoms with Gasteiger partial charge in [-0.2, -0.15) is 0 Å². The van der Waals surface area contributed by atoms with Gasteiger partial charge in [0.25, 0.3) is 0 Å². The van der Waals surface area contributed by atoms with Crippen LogP contribution < -0.4 is 14.4 Å². The Balaban J connectivity index is 1.39. The van der Waals surface area contributed by atoms with Crippen LogP contribution in [0.4, 0.5) is 5.69 Å². The normalized spacial score (nSPS) is 21.1. The molecule has 4 rings (SSSR count). The molecule has 1 saturated heterocycles. The molecule has 0 aromatic heterocycles. The molecule has 0 unspecified atom stereocenters. The van der Waals surface area contributed by atoms with Crippen molar-refractivity contribution in [2.45, 2.75) is 25.7 Å². The summed E-state index contributed by atoms with van der Waals surface area (Å²) in [6, 6.07) is 13.6. The topological polar surface area (TPSA) is 72.9 Å². The van der Waals surface area contributed by atoms with Crippen LogP contribution >= 0.6 is 0 Å². The lowest BCUT2D eigenvalue weighted by atomic mass is 9.81. The first-order valence-electron chi connectivity index (χ1n) is 9.86. The lowest BCUT2D eigenvalue weighted by Crippen LogP contribution is -2.30. The average Bonchev–Trinajstić information content (AvgIpc) is 3.03. The third-order valence-electron chi connectivity index (χ3n) is 5.72. The van der Waals surface area contributed by atoms with Crippen LogP contribution in [-0.2, 0) is 9.59 Å². The molecule has 0 radical (unpaired) electrons. The second-order valence-electron chi connectivity index (χ2n) is 7.44. The molecule has 2 atom stereocenters. The summed E-state index contributed by atoms with van der Waals surface area (Å²) < 4.78 is 10.7. The van der Waals surface area contributed by atoms with Crippen LogP contribution in [0.15, 0.2) is 48.5 Å². The Morgan fingerprint density at radius 3 is 2.00 bits per heavy atom. The zero-order chi connectivity index (χ0) is 20.4. The number of ether oxygens (including phenoxy) is 2. The molecule has 2 fully saturated rings. The smallest absolute Gasteiger partial charge is 0.237 e. The number of anilines is 1. The summed E-state index contributed by atoms with van der Waals surface area (Å²) >= 11 is 0. The molecule has 0 N–H and O–H groups in total. The largest absolute Gasteiger partial charge is 0.497 e. The molecule has 1 heterocycles. The lowest BCUT2D eigenvalue weighted by Gasteiger charge is -2.19. The maximum absolute atomic E-state index is 12.7. The number of rotatable bonds is 6. The number of carbonyl (C=O) groups is 3. The van der Waals surface area contributed by atoms with Gasteiger partial charge in [0.15, 0.2) is 12.4 Å². The Kier molecular flexibility index (Phi) is 5.34. The molecule has 6 heteroatoms. The maximum atomic E-state index is 12.7. The second kappa shape index (κ2) is 8.07. The van der Waals surface area contributed by atoms with Crippen LogP contribution in [0.25, 0.3) is 0 Å². The molecule has 29 heavy (non-hydrogen) atoms. The molecular formula is C23H23NO5. The highest BCUT2D eigenvalue weighted by molar-refractivity contribution is 6.22. The fraction of sp³-hybridized carbons (Fsp3) is 0.348. The van der Waals surface area contributed by atoms with Crippen molar-refractivity contribution >= 4 is 23.3 Å². The third-order valence-corrected chi connectivity index (χ3v) is 5.72. The van der Waals surface area contributed by atoms with Gasteiger partial charge in [0.1, 0.15) is 11.5 Å². The Bertz CT molecular complexity index is 895. The third kappa shape index (κ3) is 3.75. The number of hydrogen-bond acceptors (Lipinski definition) is 5. The summed E-state index contributed by atoms with van der Waals surface area (Å²) in [4.78, 5) is 38.9. The molecule has 2 amide bonds. The van der Waals surface area contributed by atoms with Crippen LogP contribution in [0.2, 0.25) is 0 Å². The Morgan fingerprint density at radius 1 is 0.897 bits per heavy atom. The van der Waals surface area contributed by atoms with Gasteiger partial charge in [-0.3, -0.25) is 19.3 Å². The van der Waals surface area contributed by atoms with Gasteiger partial charge >= 0.3 is 0 Å². The number of amides is 2. The van der Waals surface area contributed by atoms with Crippen LogP contribution in [0.5, 0.6) is 11.5 Å². The van der Waals surface area contributed by atoms with E-state index in [1.807, 2.05) is 0 Å². The highest BCUT2D eigenvalue weighted by Gasteiger charge is 2.48. The Morgan fingerprint density at radius 2 is 1.45 bits per heavy atom. The predicted molar refractivity (Wildman–Crippen MR) is 107 cm³/mol. The molecule has 1 aliphatic heterocycles. The van der Waals surface area contributed by atoms with Gasteiger partial charge in [-0.25, -0.2) is 0 Å². The fourth-order valence-electron chi connectivity index (χ4n) is 4.12. The molecule has 6 nitrogen and oxygen atoms in total. The zero-order valence-corrected chi connectivity index (χ0v) is 16.3. The van der Waals surface area contributed by atoms with Gasteiger partial charge < -0.3 is 9.47 Å². The van der Waals surface area contributed by atoms with Gasteiger partial charge in [0.05, 0.1) is 24.6 Å². The number of fused-ring (bicyclic) bond motifs is 1. The molecule has 2 aliphatic rings. The van der Waals surface area contributed by atoms with E-state index in [0.717, 1.165) is 25.7 Å². The minimum Gasteiger partial charge on any atom is -0.497 e. The van der Waals surface area contributed by atoms with Crippen LogP contribution in [0, 0.1) is 11.8 Å². The molecule has 0 bridgehead atoms. The maximum Gasteiger partial charge on any atom is 0.237 e. The average molecular weight is 393 g/mol. The molecule has 1 saturated carbocycles. The number of hydrogen-bond donors (Lipinski definition) is 0. The highest BCUT2D eigenvalue weighted by atomic mass is 16.5. The standard InChI is InChI=1S/C23H23NO5/c1-28-17-10-6-15(7-11-17)21(25)14-29-18-12-8-16(9-13-18)24-22(26)19-4-2-3-5-20(19)23(24)27/h6-13,19-20H,2-5,14H2,1H3/t19-,20+. The van der Waals surface area contributed by atoms with Crippen LogP contribution in [-0.4, -0.2) is 31.3 Å². The second-order valence-corrected chi connectivity index (χ2v) is 7.44. The number of carbonyl (C=O) groups excluding carboxylic acids is 3. The van der Waals surface area contributed by atoms with Gasteiger partial charge in [-0.05, 0) is 61.4 Å². The summed E-state index contributed by atoms with van der Waals surface area (Å²) in [5.74, 6) is 0.511. The number of ketones is 1. The molecule has 2 aromatic rings. The van der Waals surface area contributed by atoms with E-state index in [1.165, 1.54) is 4.90 Å².